The Morgan fingerprint density at radius 2 is 1.91 bits per heavy atom. The van der Waals surface area contributed by atoms with Gasteiger partial charge in [0, 0.05) is 26.2 Å². The van der Waals surface area contributed by atoms with Crippen LogP contribution in [0.1, 0.15) is 38.1 Å². The van der Waals surface area contributed by atoms with E-state index in [0.29, 0.717) is 29.0 Å². The zero-order chi connectivity index (χ0) is 24.1. The summed E-state index contributed by atoms with van der Waals surface area (Å²) < 4.78 is 38.1. The lowest BCUT2D eigenvalue weighted by Crippen LogP contribution is -2.50. The molecule has 0 bridgehead atoms. The highest BCUT2D eigenvalue weighted by atomic mass is 19.4. The number of aryl methyl sites for hydroxylation is 1. The van der Waals surface area contributed by atoms with Gasteiger partial charge in [0.15, 0.2) is 11.5 Å². The number of halogens is 3. The highest BCUT2D eigenvalue weighted by molar-refractivity contribution is 6.03. The second kappa shape index (κ2) is 8.31. The molecule has 9 nitrogen and oxygen atoms in total. The molecule has 1 aliphatic carbocycles. The van der Waals surface area contributed by atoms with E-state index in [4.69, 9.17) is 0 Å². The molecule has 0 radical (unpaired) electrons. The summed E-state index contributed by atoms with van der Waals surface area (Å²) in [6, 6.07) is -0.0903. The molecule has 1 amide bonds. The molecule has 2 N–H and O–H groups in total. The minimum absolute atomic E-state index is 0.0661. The number of likely N-dealkylation sites (N-methyl/N-ethyl adjacent to an activating group) is 1. The van der Waals surface area contributed by atoms with Crippen LogP contribution >= 0.6 is 0 Å². The summed E-state index contributed by atoms with van der Waals surface area (Å²) in [6.07, 6.45) is -1.10. The number of nitrogens with one attached hydrogen (secondary N) is 2. The van der Waals surface area contributed by atoms with Crippen LogP contribution in [-0.2, 0) is 11.0 Å². The van der Waals surface area contributed by atoms with Crippen molar-refractivity contribution in [2.75, 3.05) is 34.5 Å². The Bertz CT molecular complexity index is 1040. The monoisotopic (exact) mass is 464 g/mol. The predicted molar refractivity (Wildman–Crippen MR) is 118 cm³/mol. The number of carbonyl (C=O) groups excluding carboxylic acids is 1. The van der Waals surface area contributed by atoms with Crippen LogP contribution in [0.2, 0.25) is 0 Å². The van der Waals surface area contributed by atoms with E-state index in [9.17, 15) is 18.0 Å². The fraction of sp³-hybridized carbons (Fsp3) is 0.571. The molecule has 0 unspecified atom stereocenters. The van der Waals surface area contributed by atoms with Crippen LogP contribution in [-0.4, -0.2) is 58.1 Å². The highest BCUT2D eigenvalue weighted by Gasteiger charge is 2.37. The lowest BCUT2D eigenvalue weighted by atomic mass is 9.86. The molecule has 2 aromatic heterocycles. The van der Waals surface area contributed by atoms with Crippen LogP contribution < -0.4 is 20.4 Å². The maximum atomic E-state index is 12.7. The highest BCUT2D eigenvalue weighted by Crippen LogP contribution is 2.36. The number of rotatable bonds is 5. The first-order chi connectivity index (χ1) is 15.5. The average molecular weight is 464 g/mol. The van der Waals surface area contributed by atoms with Crippen molar-refractivity contribution in [2.24, 2.45) is 5.92 Å². The van der Waals surface area contributed by atoms with Gasteiger partial charge in [-0.2, -0.15) is 18.2 Å². The third kappa shape index (κ3) is 4.38. The molecule has 0 saturated heterocycles. The molecule has 4 rings (SSSR count). The Balaban J connectivity index is 1.41. The topological polar surface area (TPSA) is 99.2 Å². The number of alkyl halides is 3. The third-order valence-corrected chi connectivity index (χ3v) is 6.25. The van der Waals surface area contributed by atoms with E-state index in [1.807, 2.05) is 37.6 Å². The van der Waals surface area contributed by atoms with E-state index in [1.165, 1.54) is 0 Å². The number of fused-ring (bicyclic) bond motifs is 1. The molecule has 2 aliphatic rings. The van der Waals surface area contributed by atoms with Gasteiger partial charge in [0.1, 0.15) is 17.5 Å². The lowest BCUT2D eigenvalue weighted by Gasteiger charge is -2.42. The fourth-order valence-corrected chi connectivity index (χ4v) is 4.32. The first-order valence-electron chi connectivity index (χ1n) is 10.8. The van der Waals surface area contributed by atoms with E-state index in [0.717, 1.165) is 25.2 Å². The van der Waals surface area contributed by atoms with Gasteiger partial charge < -0.3 is 20.4 Å². The standard InChI is InChI=1S/C21H27F3N8O/c1-10(2)17-19(33)29-16-11(3)27-20(30-18(16)32(17)5)28-12-6-13(7-12)31(4)15-9-25-14(8-26-15)21(22,23)24/h8-10,12-13,17H,6-7H2,1-5H3,(H,29,33)(H,27,28,30)/t12?,13?,17-/m0/s1. The van der Waals surface area contributed by atoms with Crippen molar-refractivity contribution in [1.29, 1.82) is 0 Å². The molecular weight excluding hydrogens is 437 g/mol. The molecular formula is C21H27F3N8O. The summed E-state index contributed by atoms with van der Waals surface area (Å²) in [7, 11) is 3.65. The van der Waals surface area contributed by atoms with E-state index in [-0.39, 0.29) is 30.0 Å². The zero-order valence-electron chi connectivity index (χ0n) is 19.1. The van der Waals surface area contributed by atoms with Crippen LogP contribution in [0.3, 0.4) is 0 Å². The lowest BCUT2D eigenvalue weighted by molar-refractivity contribution is -0.141. The minimum atomic E-state index is -4.51. The summed E-state index contributed by atoms with van der Waals surface area (Å²) in [5.41, 5.74) is 0.295. The average Bonchev–Trinajstić information content (AvgIpc) is 2.70. The molecule has 1 aliphatic heterocycles. The molecule has 0 spiro atoms. The van der Waals surface area contributed by atoms with Gasteiger partial charge >= 0.3 is 6.18 Å². The van der Waals surface area contributed by atoms with Crippen molar-refractivity contribution in [2.45, 2.75) is 57.9 Å². The van der Waals surface area contributed by atoms with E-state index < -0.39 is 11.9 Å². The van der Waals surface area contributed by atoms with Gasteiger partial charge in [-0.25, -0.2) is 15.0 Å². The van der Waals surface area contributed by atoms with Gasteiger partial charge in [-0.05, 0) is 25.7 Å². The van der Waals surface area contributed by atoms with Crippen LogP contribution in [0.15, 0.2) is 12.4 Å². The SMILES string of the molecule is Cc1nc(NC2CC(N(C)c3cnc(C(F)(F)F)cn3)C2)nc2c1NC(=O)[C@H](C(C)C)N2C. The summed E-state index contributed by atoms with van der Waals surface area (Å²) in [5.74, 6) is 1.60. The Kier molecular flexibility index (Phi) is 5.79. The first-order valence-corrected chi connectivity index (χ1v) is 10.8. The van der Waals surface area contributed by atoms with Crippen LogP contribution in [0.4, 0.5) is 36.4 Å². The van der Waals surface area contributed by atoms with E-state index in [1.54, 1.807) is 7.05 Å². The number of amides is 1. The smallest absolute Gasteiger partial charge is 0.355 e. The number of nitrogens with zero attached hydrogens (tertiary/aromatic N) is 6. The minimum Gasteiger partial charge on any atom is -0.355 e. The van der Waals surface area contributed by atoms with E-state index in [2.05, 4.69) is 30.6 Å². The largest absolute Gasteiger partial charge is 0.434 e. The molecule has 2 aromatic rings. The Morgan fingerprint density at radius 1 is 1.21 bits per heavy atom. The zero-order valence-corrected chi connectivity index (χ0v) is 19.1. The van der Waals surface area contributed by atoms with Gasteiger partial charge in [-0.15, -0.1) is 0 Å². The first kappa shape index (κ1) is 23.0. The quantitative estimate of drug-likeness (QED) is 0.697. The number of anilines is 4. The van der Waals surface area contributed by atoms with Crippen molar-refractivity contribution in [3.63, 3.8) is 0 Å². The molecule has 33 heavy (non-hydrogen) atoms. The molecule has 178 valence electrons. The molecule has 1 atom stereocenters. The van der Waals surface area contributed by atoms with Crippen molar-refractivity contribution >= 4 is 29.2 Å². The Hall–Kier alpha value is -3.18. The van der Waals surface area contributed by atoms with Gasteiger partial charge in [-0.1, -0.05) is 13.8 Å². The van der Waals surface area contributed by atoms with Gasteiger partial charge in [0.05, 0.1) is 18.1 Å². The maximum absolute atomic E-state index is 12.7. The van der Waals surface area contributed by atoms with E-state index >= 15 is 0 Å². The van der Waals surface area contributed by atoms with Crippen molar-refractivity contribution in [3.8, 4) is 0 Å². The van der Waals surface area contributed by atoms with Crippen molar-refractivity contribution in [3.05, 3.63) is 23.8 Å². The molecule has 1 fully saturated rings. The number of hydrogen-bond donors (Lipinski definition) is 2. The van der Waals surface area contributed by atoms with Gasteiger partial charge in [0.25, 0.3) is 0 Å². The van der Waals surface area contributed by atoms with Crippen molar-refractivity contribution < 1.29 is 18.0 Å². The molecule has 1 saturated carbocycles. The molecule has 3 heterocycles. The third-order valence-electron chi connectivity index (χ3n) is 6.25. The molecule has 0 aromatic carbocycles. The number of carbonyl (C=O) groups is 1. The fourth-order valence-electron chi connectivity index (χ4n) is 4.32. The Labute approximate surface area is 189 Å². The van der Waals surface area contributed by atoms with Crippen LogP contribution in [0.5, 0.6) is 0 Å². The normalized spacial score (nSPS) is 22.5. The van der Waals surface area contributed by atoms with Crippen LogP contribution in [0.25, 0.3) is 0 Å². The second-order valence-corrected chi connectivity index (χ2v) is 8.96. The van der Waals surface area contributed by atoms with Crippen LogP contribution in [0, 0.1) is 12.8 Å². The maximum Gasteiger partial charge on any atom is 0.434 e. The number of aromatic nitrogens is 4. The summed E-state index contributed by atoms with van der Waals surface area (Å²) in [4.78, 5) is 32.7. The summed E-state index contributed by atoms with van der Waals surface area (Å²) in [5, 5.41) is 6.27. The predicted octanol–water partition coefficient (Wildman–Crippen LogP) is 3.09. The summed E-state index contributed by atoms with van der Waals surface area (Å²) >= 11 is 0. The summed E-state index contributed by atoms with van der Waals surface area (Å²) in [6.45, 7) is 5.81. The number of hydrogen-bond acceptors (Lipinski definition) is 8. The van der Waals surface area contributed by atoms with Gasteiger partial charge in [-0.3, -0.25) is 4.79 Å². The second-order valence-electron chi connectivity index (χ2n) is 8.96. The Morgan fingerprint density at radius 3 is 2.48 bits per heavy atom. The molecule has 12 heteroatoms. The van der Waals surface area contributed by atoms with Gasteiger partial charge in [0.2, 0.25) is 11.9 Å². The van der Waals surface area contributed by atoms with Crippen molar-refractivity contribution in [1.82, 2.24) is 19.9 Å².